The highest BCUT2D eigenvalue weighted by Crippen LogP contribution is 2.28. The summed E-state index contributed by atoms with van der Waals surface area (Å²) in [4.78, 5) is 23.9. The van der Waals surface area contributed by atoms with Crippen molar-refractivity contribution in [3.8, 4) is 0 Å². The van der Waals surface area contributed by atoms with Crippen LogP contribution < -0.4 is 5.32 Å². The fraction of sp³-hybridized carbons (Fsp3) is 0.467. The zero-order chi connectivity index (χ0) is 15.6. The van der Waals surface area contributed by atoms with Gasteiger partial charge >= 0.3 is 5.97 Å². The van der Waals surface area contributed by atoms with Gasteiger partial charge < -0.3 is 10.4 Å². The second-order valence-electron chi connectivity index (χ2n) is 5.38. The summed E-state index contributed by atoms with van der Waals surface area (Å²) in [6.45, 7) is 3.17. The Kier molecular flexibility index (Phi) is 4.56. The third kappa shape index (κ3) is 3.20. The van der Waals surface area contributed by atoms with Crippen LogP contribution in [-0.2, 0) is 4.79 Å². The van der Waals surface area contributed by atoms with Gasteiger partial charge in [0.2, 0.25) is 0 Å². The quantitative estimate of drug-likeness (QED) is 0.900. The van der Waals surface area contributed by atoms with E-state index in [0.717, 1.165) is 0 Å². The minimum absolute atomic E-state index is 0.297. The van der Waals surface area contributed by atoms with E-state index >= 15 is 0 Å². The molecule has 4 nitrogen and oxygen atoms in total. The standard InChI is InChI=1S/C15H18FNO3S/c1-9-7-11(8-10(2)12(9)16)13(18)17-15(14(19)20)3-5-21-6-4-15/h7-8H,3-6H2,1-2H3,(H,17,18)(H,19,20). The van der Waals surface area contributed by atoms with Gasteiger partial charge in [0.25, 0.3) is 5.91 Å². The number of thioether (sulfide) groups is 1. The van der Waals surface area contributed by atoms with Crippen LogP contribution in [0.25, 0.3) is 0 Å². The maximum atomic E-state index is 13.6. The number of hydrogen-bond donors (Lipinski definition) is 2. The van der Waals surface area contributed by atoms with Crippen molar-refractivity contribution in [2.75, 3.05) is 11.5 Å². The summed E-state index contributed by atoms with van der Waals surface area (Å²) in [6, 6.07) is 2.90. The molecule has 0 bridgehead atoms. The predicted octanol–water partition coefficient (Wildman–Crippen LogP) is 2.52. The van der Waals surface area contributed by atoms with Crippen LogP contribution in [0.2, 0.25) is 0 Å². The molecule has 0 radical (unpaired) electrons. The van der Waals surface area contributed by atoms with E-state index in [1.807, 2.05) is 0 Å². The van der Waals surface area contributed by atoms with Crippen LogP contribution in [-0.4, -0.2) is 34.0 Å². The van der Waals surface area contributed by atoms with Crippen molar-refractivity contribution >= 4 is 23.6 Å². The normalized spacial score (nSPS) is 17.3. The number of aryl methyl sites for hydroxylation is 2. The molecule has 1 aromatic rings. The molecule has 1 aliphatic heterocycles. The lowest BCUT2D eigenvalue weighted by Crippen LogP contribution is -2.56. The Morgan fingerprint density at radius 2 is 1.76 bits per heavy atom. The Bertz CT molecular complexity index is 559. The van der Waals surface area contributed by atoms with E-state index in [2.05, 4.69) is 5.32 Å². The lowest BCUT2D eigenvalue weighted by molar-refractivity contribution is -0.144. The number of carboxylic acid groups (broad SMARTS) is 1. The van der Waals surface area contributed by atoms with Crippen LogP contribution in [0.3, 0.4) is 0 Å². The number of hydrogen-bond acceptors (Lipinski definition) is 3. The van der Waals surface area contributed by atoms with Crippen LogP contribution in [0.5, 0.6) is 0 Å². The van der Waals surface area contributed by atoms with Gasteiger partial charge in [0.15, 0.2) is 0 Å². The number of halogens is 1. The summed E-state index contributed by atoms with van der Waals surface area (Å²) in [5, 5.41) is 12.1. The lowest BCUT2D eigenvalue weighted by atomic mass is 9.91. The molecule has 0 atom stereocenters. The second-order valence-corrected chi connectivity index (χ2v) is 6.60. The van der Waals surface area contributed by atoms with Gasteiger partial charge in [0.05, 0.1) is 0 Å². The number of carbonyl (C=O) groups excluding carboxylic acids is 1. The average Bonchev–Trinajstić information content (AvgIpc) is 2.45. The summed E-state index contributed by atoms with van der Waals surface area (Å²) in [5.41, 5.74) is -0.156. The SMILES string of the molecule is Cc1cc(C(=O)NC2(C(=O)O)CCSCC2)cc(C)c1F. The summed E-state index contributed by atoms with van der Waals surface area (Å²) >= 11 is 1.68. The first-order valence-corrected chi connectivity index (χ1v) is 7.91. The number of rotatable bonds is 3. The van der Waals surface area contributed by atoms with Crippen molar-refractivity contribution in [1.29, 1.82) is 0 Å². The van der Waals surface area contributed by atoms with E-state index in [4.69, 9.17) is 0 Å². The smallest absolute Gasteiger partial charge is 0.329 e. The number of benzene rings is 1. The van der Waals surface area contributed by atoms with E-state index in [1.165, 1.54) is 12.1 Å². The Hall–Kier alpha value is -1.56. The third-order valence-corrected chi connectivity index (χ3v) is 4.79. The highest BCUT2D eigenvalue weighted by atomic mass is 32.2. The third-order valence-electron chi connectivity index (χ3n) is 3.81. The molecule has 2 N–H and O–H groups in total. The minimum Gasteiger partial charge on any atom is -0.480 e. The van der Waals surface area contributed by atoms with Gasteiger partial charge in [-0.05, 0) is 61.5 Å². The van der Waals surface area contributed by atoms with E-state index < -0.39 is 17.4 Å². The zero-order valence-corrected chi connectivity index (χ0v) is 12.8. The molecular formula is C15H18FNO3S. The van der Waals surface area contributed by atoms with Gasteiger partial charge in [0.1, 0.15) is 11.4 Å². The van der Waals surface area contributed by atoms with Gasteiger partial charge in [-0.25, -0.2) is 9.18 Å². The first-order valence-electron chi connectivity index (χ1n) is 6.76. The molecule has 1 heterocycles. The molecule has 1 fully saturated rings. The maximum absolute atomic E-state index is 13.6. The lowest BCUT2D eigenvalue weighted by Gasteiger charge is -2.33. The van der Waals surface area contributed by atoms with Gasteiger partial charge in [-0.2, -0.15) is 11.8 Å². The fourth-order valence-electron chi connectivity index (χ4n) is 2.48. The number of carbonyl (C=O) groups is 2. The largest absolute Gasteiger partial charge is 0.480 e. The van der Waals surface area contributed by atoms with Crippen LogP contribution in [0.1, 0.15) is 34.3 Å². The Morgan fingerprint density at radius 1 is 1.24 bits per heavy atom. The summed E-state index contributed by atoms with van der Waals surface area (Å²) < 4.78 is 13.6. The minimum atomic E-state index is -1.21. The van der Waals surface area contributed by atoms with Crippen molar-refractivity contribution in [2.24, 2.45) is 0 Å². The molecule has 0 spiro atoms. The number of nitrogens with one attached hydrogen (secondary N) is 1. The molecule has 1 saturated heterocycles. The maximum Gasteiger partial charge on any atom is 0.329 e. The molecule has 1 amide bonds. The van der Waals surface area contributed by atoms with Crippen molar-refractivity contribution < 1.29 is 19.1 Å². The highest BCUT2D eigenvalue weighted by molar-refractivity contribution is 7.99. The number of carboxylic acids is 1. The van der Waals surface area contributed by atoms with Crippen molar-refractivity contribution in [1.82, 2.24) is 5.32 Å². The predicted molar refractivity (Wildman–Crippen MR) is 80.3 cm³/mol. The van der Waals surface area contributed by atoms with Gasteiger partial charge in [-0.1, -0.05) is 0 Å². The van der Waals surface area contributed by atoms with Crippen molar-refractivity contribution in [3.05, 3.63) is 34.6 Å². The molecule has 0 aliphatic carbocycles. The average molecular weight is 311 g/mol. The van der Waals surface area contributed by atoms with E-state index in [-0.39, 0.29) is 5.82 Å². The Labute approximate surface area is 127 Å². The van der Waals surface area contributed by atoms with Crippen LogP contribution in [0.15, 0.2) is 12.1 Å². The zero-order valence-electron chi connectivity index (χ0n) is 12.0. The monoisotopic (exact) mass is 311 g/mol. The Balaban J connectivity index is 2.25. The molecule has 2 rings (SSSR count). The summed E-state index contributed by atoms with van der Waals surface area (Å²) in [7, 11) is 0. The molecule has 21 heavy (non-hydrogen) atoms. The molecule has 1 aromatic carbocycles. The van der Waals surface area contributed by atoms with Crippen LogP contribution in [0, 0.1) is 19.7 Å². The van der Waals surface area contributed by atoms with Crippen molar-refractivity contribution in [2.45, 2.75) is 32.2 Å². The molecule has 0 saturated carbocycles. The molecule has 6 heteroatoms. The van der Waals surface area contributed by atoms with E-state index in [0.29, 0.717) is 41.0 Å². The van der Waals surface area contributed by atoms with Gasteiger partial charge in [0, 0.05) is 5.56 Å². The number of amides is 1. The molecular weight excluding hydrogens is 293 g/mol. The van der Waals surface area contributed by atoms with E-state index in [9.17, 15) is 19.1 Å². The Morgan fingerprint density at radius 3 is 2.24 bits per heavy atom. The number of aliphatic carboxylic acids is 1. The summed E-state index contributed by atoms with van der Waals surface area (Å²) in [6.07, 6.45) is 0.801. The highest BCUT2D eigenvalue weighted by Gasteiger charge is 2.41. The first-order chi connectivity index (χ1) is 9.85. The first kappa shape index (κ1) is 15.8. The molecule has 0 aromatic heterocycles. The van der Waals surface area contributed by atoms with Crippen LogP contribution >= 0.6 is 11.8 Å². The second kappa shape index (κ2) is 6.05. The molecule has 0 unspecified atom stereocenters. The fourth-order valence-corrected chi connectivity index (χ4v) is 3.67. The topological polar surface area (TPSA) is 66.4 Å². The van der Waals surface area contributed by atoms with Gasteiger partial charge in [-0.3, -0.25) is 4.79 Å². The van der Waals surface area contributed by atoms with Crippen LogP contribution in [0.4, 0.5) is 4.39 Å². The van der Waals surface area contributed by atoms with E-state index in [1.54, 1.807) is 25.6 Å². The van der Waals surface area contributed by atoms with Gasteiger partial charge in [-0.15, -0.1) is 0 Å². The molecule has 1 aliphatic rings. The summed E-state index contributed by atoms with van der Waals surface area (Å²) in [5.74, 6) is -0.405. The van der Waals surface area contributed by atoms with Crippen molar-refractivity contribution in [3.63, 3.8) is 0 Å². The molecule has 114 valence electrons.